The van der Waals surface area contributed by atoms with E-state index in [4.69, 9.17) is 4.99 Å². The third-order valence-electron chi connectivity index (χ3n) is 3.22. The summed E-state index contributed by atoms with van der Waals surface area (Å²) in [5.74, 6) is 0.828. The molecule has 0 radical (unpaired) electrons. The zero-order chi connectivity index (χ0) is 16.1. The Morgan fingerprint density at radius 2 is 1.48 bits per heavy atom. The van der Waals surface area contributed by atoms with E-state index in [-0.39, 0.29) is 0 Å². The molecule has 0 bridgehead atoms. The minimum Gasteiger partial charge on any atom is -0.340 e. The van der Waals surface area contributed by atoms with Gasteiger partial charge in [-0.2, -0.15) is 0 Å². The van der Waals surface area contributed by atoms with Crippen LogP contribution < -0.4 is 5.32 Å². The van der Waals surface area contributed by atoms with Crippen LogP contribution in [0.25, 0.3) is 0 Å². The Kier molecular flexibility index (Phi) is 5.46. The van der Waals surface area contributed by atoms with E-state index in [1.807, 2.05) is 42.5 Å². The molecule has 23 heavy (non-hydrogen) atoms. The molecule has 0 aliphatic heterocycles. The van der Waals surface area contributed by atoms with E-state index in [9.17, 15) is 0 Å². The first-order valence-corrected chi connectivity index (χ1v) is 9.00. The first-order valence-electron chi connectivity index (χ1n) is 7.13. The monoisotopic (exact) mass is 476 g/mol. The molecule has 0 aromatic heterocycles. The van der Waals surface area contributed by atoms with Crippen molar-refractivity contribution in [2.75, 3.05) is 5.32 Å². The minimum absolute atomic E-state index is 0.828. The smallest absolute Gasteiger partial charge is 0.138 e. The average molecular weight is 477 g/mol. The normalized spacial score (nSPS) is 11.3. The molecule has 2 nitrogen and oxygen atoms in total. The summed E-state index contributed by atoms with van der Waals surface area (Å²) < 4.78 is 2.25. The van der Waals surface area contributed by atoms with Crippen molar-refractivity contribution in [3.8, 4) is 0 Å². The van der Waals surface area contributed by atoms with Crippen LogP contribution in [0.15, 0.2) is 88.3 Å². The summed E-state index contributed by atoms with van der Waals surface area (Å²) in [6.45, 7) is 0. The van der Waals surface area contributed by atoms with Crippen molar-refractivity contribution < 1.29 is 0 Å². The fourth-order valence-corrected chi connectivity index (χ4v) is 2.70. The third-order valence-corrected chi connectivity index (χ3v) is 4.47. The van der Waals surface area contributed by atoms with Crippen LogP contribution in [0.3, 0.4) is 0 Å². The molecular formula is C19H14BrIN2. The second-order valence-electron chi connectivity index (χ2n) is 4.93. The van der Waals surface area contributed by atoms with Gasteiger partial charge in [0.25, 0.3) is 0 Å². The molecule has 0 saturated heterocycles. The maximum Gasteiger partial charge on any atom is 0.138 e. The van der Waals surface area contributed by atoms with Crippen molar-refractivity contribution >= 4 is 55.7 Å². The molecule has 0 atom stereocenters. The summed E-state index contributed by atoms with van der Waals surface area (Å²) in [6, 6.07) is 26.4. The molecule has 4 heteroatoms. The highest BCUT2D eigenvalue weighted by Crippen LogP contribution is 2.19. The number of aliphatic imine (C=N–C) groups is 1. The van der Waals surface area contributed by atoms with E-state index in [0.29, 0.717) is 0 Å². The quantitative estimate of drug-likeness (QED) is 0.270. The summed E-state index contributed by atoms with van der Waals surface area (Å²) in [6.07, 6.45) is 0. The van der Waals surface area contributed by atoms with Crippen molar-refractivity contribution in [1.29, 1.82) is 0 Å². The first kappa shape index (κ1) is 16.2. The molecule has 0 unspecified atom stereocenters. The van der Waals surface area contributed by atoms with Crippen LogP contribution in [-0.4, -0.2) is 5.84 Å². The average Bonchev–Trinajstić information content (AvgIpc) is 2.59. The van der Waals surface area contributed by atoms with Crippen molar-refractivity contribution in [2.45, 2.75) is 0 Å². The van der Waals surface area contributed by atoms with Crippen molar-refractivity contribution in [3.63, 3.8) is 0 Å². The fourth-order valence-electron chi connectivity index (χ4n) is 2.08. The number of hydrogen-bond donors (Lipinski definition) is 1. The van der Waals surface area contributed by atoms with Gasteiger partial charge < -0.3 is 5.32 Å². The van der Waals surface area contributed by atoms with Crippen molar-refractivity contribution in [3.05, 3.63) is 92.5 Å². The van der Waals surface area contributed by atoms with Gasteiger partial charge in [0, 0.05) is 19.3 Å². The topological polar surface area (TPSA) is 24.4 Å². The van der Waals surface area contributed by atoms with Gasteiger partial charge in [0.2, 0.25) is 0 Å². The van der Waals surface area contributed by atoms with Gasteiger partial charge in [-0.1, -0.05) is 46.3 Å². The van der Waals surface area contributed by atoms with Crippen LogP contribution in [0.5, 0.6) is 0 Å². The Labute approximate surface area is 157 Å². The Morgan fingerprint density at radius 1 is 0.826 bits per heavy atom. The SMILES string of the molecule is Brc1ccc(N=C(Nc2ccc(I)cc2)c2ccccc2)cc1. The molecule has 0 amide bonds. The number of anilines is 1. The fraction of sp³-hybridized carbons (Fsp3) is 0. The van der Waals surface area contributed by atoms with Gasteiger partial charge in [-0.15, -0.1) is 0 Å². The van der Waals surface area contributed by atoms with Crippen LogP contribution >= 0.6 is 38.5 Å². The Hall–Kier alpha value is -1.66. The summed E-state index contributed by atoms with van der Waals surface area (Å²) >= 11 is 5.75. The zero-order valence-corrected chi connectivity index (χ0v) is 16.0. The summed E-state index contributed by atoms with van der Waals surface area (Å²) in [7, 11) is 0. The summed E-state index contributed by atoms with van der Waals surface area (Å²) in [5, 5.41) is 3.42. The van der Waals surface area contributed by atoms with E-state index in [1.165, 1.54) is 3.57 Å². The number of rotatable bonds is 3. The highest BCUT2D eigenvalue weighted by atomic mass is 127. The number of nitrogens with zero attached hydrogens (tertiary/aromatic N) is 1. The number of hydrogen-bond acceptors (Lipinski definition) is 1. The molecule has 0 heterocycles. The lowest BCUT2D eigenvalue weighted by molar-refractivity contribution is 1.46. The molecule has 3 rings (SSSR count). The maximum absolute atomic E-state index is 4.77. The van der Waals surface area contributed by atoms with E-state index in [1.54, 1.807) is 0 Å². The van der Waals surface area contributed by atoms with E-state index in [0.717, 1.165) is 27.2 Å². The van der Waals surface area contributed by atoms with E-state index >= 15 is 0 Å². The Bertz CT molecular complexity index is 797. The second kappa shape index (κ2) is 7.75. The molecule has 0 aliphatic carbocycles. The lowest BCUT2D eigenvalue weighted by Gasteiger charge is -2.11. The van der Waals surface area contributed by atoms with Crippen molar-refractivity contribution in [2.24, 2.45) is 4.99 Å². The second-order valence-corrected chi connectivity index (χ2v) is 7.10. The predicted octanol–water partition coefficient (Wildman–Crippen LogP) is 6.24. The van der Waals surface area contributed by atoms with Crippen LogP contribution in [0.1, 0.15) is 5.56 Å². The number of halogens is 2. The Balaban J connectivity index is 1.96. The molecule has 3 aromatic carbocycles. The van der Waals surface area contributed by atoms with Gasteiger partial charge in [-0.05, 0) is 71.1 Å². The van der Waals surface area contributed by atoms with Gasteiger partial charge in [-0.3, -0.25) is 0 Å². The van der Waals surface area contributed by atoms with Gasteiger partial charge in [0.05, 0.1) is 5.69 Å². The van der Waals surface area contributed by atoms with Crippen LogP contribution in [-0.2, 0) is 0 Å². The summed E-state index contributed by atoms with van der Waals surface area (Å²) in [5.41, 5.74) is 2.98. The largest absolute Gasteiger partial charge is 0.340 e. The van der Waals surface area contributed by atoms with Gasteiger partial charge in [-0.25, -0.2) is 4.99 Å². The Morgan fingerprint density at radius 3 is 2.13 bits per heavy atom. The first-order chi connectivity index (χ1) is 11.2. The lowest BCUT2D eigenvalue weighted by Crippen LogP contribution is -2.13. The minimum atomic E-state index is 0.828. The highest BCUT2D eigenvalue weighted by Gasteiger charge is 2.04. The van der Waals surface area contributed by atoms with Crippen molar-refractivity contribution in [1.82, 2.24) is 0 Å². The third kappa shape index (κ3) is 4.65. The van der Waals surface area contributed by atoms with Gasteiger partial charge in [0.1, 0.15) is 5.84 Å². The molecule has 0 aliphatic rings. The van der Waals surface area contributed by atoms with Gasteiger partial charge in [0.15, 0.2) is 0 Å². The molecule has 0 fully saturated rings. The van der Waals surface area contributed by atoms with Crippen LogP contribution in [0.2, 0.25) is 0 Å². The number of amidine groups is 1. The standard InChI is InChI=1S/C19H14BrIN2/c20-15-6-10-17(11-7-15)22-19(14-4-2-1-3-5-14)23-18-12-8-16(21)9-13-18/h1-13H,(H,22,23). The molecule has 0 saturated carbocycles. The van der Waals surface area contributed by atoms with E-state index in [2.05, 4.69) is 80.2 Å². The molecule has 114 valence electrons. The summed E-state index contributed by atoms with van der Waals surface area (Å²) in [4.78, 5) is 4.77. The van der Waals surface area contributed by atoms with E-state index < -0.39 is 0 Å². The predicted molar refractivity (Wildman–Crippen MR) is 110 cm³/mol. The maximum atomic E-state index is 4.77. The van der Waals surface area contributed by atoms with Crippen LogP contribution in [0.4, 0.5) is 11.4 Å². The highest BCUT2D eigenvalue weighted by molar-refractivity contribution is 14.1. The molecule has 3 aromatic rings. The van der Waals surface area contributed by atoms with Crippen LogP contribution in [0, 0.1) is 3.57 Å². The molecule has 1 N–H and O–H groups in total. The zero-order valence-electron chi connectivity index (χ0n) is 12.2. The lowest BCUT2D eigenvalue weighted by atomic mass is 10.2. The number of nitrogens with one attached hydrogen (secondary N) is 1. The molecular weight excluding hydrogens is 463 g/mol. The number of benzene rings is 3. The van der Waals surface area contributed by atoms with Gasteiger partial charge >= 0.3 is 0 Å². The molecule has 0 spiro atoms.